The van der Waals surface area contributed by atoms with E-state index < -0.39 is 47.4 Å². The first kappa shape index (κ1) is 25.6. The Balaban J connectivity index is 1.26. The van der Waals surface area contributed by atoms with Gasteiger partial charge in [-0.25, -0.2) is 5.10 Å². The molecule has 2 amide bonds. The molecule has 38 heavy (non-hydrogen) atoms. The Morgan fingerprint density at radius 2 is 1.47 bits per heavy atom. The first-order chi connectivity index (χ1) is 18.2. The molecule has 0 spiro atoms. The van der Waals surface area contributed by atoms with E-state index in [9.17, 15) is 29.4 Å². The first-order valence-corrected chi connectivity index (χ1v) is 12.9. The monoisotopic (exact) mass is 521 g/mol. The van der Waals surface area contributed by atoms with E-state index >= 15 is 0 Å². The number of allylic oxidation sites excluding steroid dienone is 6. The molecule has 8 atom stereocenters. The second-order valence-electron chi connectivity index (χ2n) is 10.6. The van der Waals surface area contributed by atoms with Crippen LogP contribution in [0.15, 0.2) is 48.6 Å². The summed E-state index contributed by atoms with van der Waals surface area (Å²) in [6.45, 7) is 7.48. The van der Waals surface area contributed by atoms with Crippen LogP contribution in [-0.2, 0) is 19.2 Å². The largest absolute Gasteiger partial charge is 0.481 e. The van der Waals surface area contributed by atoms with Crippen molar-refractivity contribution in [2.24, 2.45) is 47.3 Å². The van der Waals surface area contributed by atoms with Crippen LogP contribution in [0.4, 0.5) is 11.9 Å². The zero-order chi connectivity index (χ0) is 27.1. The van der Waals surface area contributed by atoms with Crippen molar-refractivity contribution < 1.29 is 29.4 Å². The molecule has 5 N–H and O–H groups in total. The minimum atomic E-state index is -1.02. The Morgan fingerprint density at radius 1 is 0.895 bits per heavy atom. The number of rotatable bonds is 11. The van der Waals surface area contributed by atoms with Gasteiger partial charge < -0.3 is 10.2 Å². The van der Waals surface area contributed by atoms with Crippen molar-refractivity contribution >= 4 is 35.6 Å². The average Bonchev–Trinajstić information content (AvgIpc) is 3.68. The predicted octanol–water partition coefficient (Wildman–Crippen LogP) is 3.01. The van der Waals surface area contributed by atoms with Gasteiger partial charge in [0.25, 0.3) is 0 Å². The van der Waals surface area contributed by atoms with Gasteiger partial charge in [-0.05, 0) is 55.8 Å². The summed E-state index contributed by atoms with van der Waals surface area (Å²) in [5.74, 6) is -7.02. The molecule has 0 aromatic carbocycles. The number of aromatic nitrogens is 3. The fraction of sp³-hybridized carbons (Fsp3) is 0.481. The van der Waals surface area contributed by atoms with Gasteiger partial charge in [-0.1, -0.05) is 35.5 Å². The van der Waals surface area contributed by atoms with E-state index in [2.05, 4.69) is 39.0 Å². The number of aromatic amines is 1. The normalized spacial score (nSPS) is 32.4. The van der Waals surface area contributed by atoms with Gasteiger partial charge in [0, 0.05) is 0 Å². The van der Waals surface area contributed by atoms with Gasteiger partial charge in [0.2, 0.25) is 23.7 Å². The predicted molar refractivity (Wildman–Crippen MR) is 136 cm³/mol. The zero-order valence-electron chi connectivity index (χ0n) is 20.8. The summed E-state index contributed by atoms with van der Waals surface area (Å²) in [6.07, 6.45) is 10.8. The molecule has 2 fully saturated rings. The van der Waals surface area contributed by atoms with E-state index in [1.165, 1.54) is 0 Å². The van der Waals surface area contributed by atoms with Crippen molar-refractivity contribution in [2.75, 3.05) is 10.6 Å². The van der Waals surface area contributed by atoms with Crippen molar-refractivity contribution in [3.8, 4) is 0 Å². The van der Waals surface area contributed by atoms with Crippen molar-refractivity contribution in [1.29, 1.82) is 0 Å². The molecule has 2 saturated carbocycles. The number of nitrogens with one attached hydrogen (secondary N) is 3. The molecular formula is C27H31N5O6. The van der Waals surface area contributed by atoms with E-state index in [1.54, 1.807) is 12.2 Å². The number of carbonyl (C=O) groups excluding carboxylic acids is 2. The standard InChI is InChI=1S/C27H31N5O6/c1-3-5-7-13-9-15-11-17(13)21(19(15)25(37)38)23(34)29-27-30-26(31-32-27)28-22(33)20-16-10-14(18(20)24(35)36)8-12(16)6-4-2/h3-4,8-9,14-21H,1-2,5-7,10-11H2,(H,35,36)(H,37,38)(H3,28,29,30,31,32,33,34). The molecule has 4 aliphatic rings. The highest BCUT2D eigenvalue weighted by atomic mass is 16.4. The van der Waals surface area contributed by atoms with E-state index in [0.29, 0.717) is 19.3 Å². The average molecular weight is 522 g/mol. The number of hydrogen-bond acceptors (Lipinski definition) is 6. The van der Waals surface area contributed by atoms with Gasteiger partial charge >= 0.3 is 11.9 Å². The lowest BCUT2D eigenvalue weighted by atomic mass is 9.77. The van der Waals surface area contributed by atoms with Gasteiger partial charge in [-0.3, -0.25) is 29.8 Å². The lowest BCUT2D eigenvalue weighted by Gasteiger charge is -2.27. The molecule has 1 aromatic rings. The fourth-order valence-electron chi connectivity index (χ4n) is 7.17. The zero-order valence-corrected chi connectivity index (χ0v) is 20.8. The second kappa shape index (κ2) is 10.0. The molecule has 4 aliphatic carbocycles. The smallest absolute Gasteiger partial charge is 0.307 e. The van der Waals surface area contributed by atoms with Crippen molar-refractivity contribution in [1.82, 2.24) is 15.2 Å². The molecule has 0 radical (unpaired) electrons. The maximum Gasteiger partial charge on any atom is 0.307 e. The summed E-state index contributed by atoms with van der Waals surface area (Å²) in [5.41, 5.74) is 2.10. The highest BCUT2D eigenvalue weighted by Crippen LogP contribution is 2.54. The molecule has 8 unspecified atom stereocenters. The molecule has 5 rings (SSSR count). The van der Waals surface area contributed by atoms with Gasteiger partial charge in [-0.2, -0.15) is 4.98 Å². The van der Waals surface area contributed by atoms with Crippen molar-refractivity contribution in [3.05, 3.63) is 48.6 Å². The van der Waals surface area contributed by atoms with Crippen LogP contribution in [0.1, 0.15) is 32.1 Å². The third kappa shape index (κ3) is 4.35. The number of carbonyl (C=O) groups is 4. The Morgan fingerprint density at radius 3 is 2.05 bits per heavy atom. The lowest BCUT2D eigenvalue weighted by Crippen LogP contribution is -2.38. The lowest BCUT2D eigenvalue weighted by molar-refractivity contribution is -0.147. The number of carboxylic acids is 2. The number of anilines is 2. The van der Waals surface area contributed by atoms with E-state index in [-0.39, 0.29) is 35.6 Å². The molecule has 0 saturated heterocycles. The number of fused-ring (bicyclic) bond motifs is 4. The summed E-state index contributed by atoms with van der Waals surface area (Å²) >= 11 is 0. The number of amides is 2. The topological polar surface area (TPSA) is 174 Å². The second-order valence-corrected chi connectivity index (χ2v) is 10.6. The van der Waals surface area contributed by atoms with Crippen molar-refractivity contribution in [3.63, 3.8) is 0 Å². The minimum absolute atomic E-state index is 0.0271. The maximum atomic E-state index is 13.2. The first-order valence-electron chi connectivity index (χ1n) is 12.9. The molecule has 0 aliphatic heterocycles. The van der Waals surface area contributed by atoms with E-state index in [1.807, 2.05) is 12.2 Å². The summed E-state index contributed by atoms with van der Waals surface area (Å²) < 4.78 is 0. The summed E-state index contributed by atoms with van der Waals surface area (Å²) in [4.78, 5) is 54.4. The van der Waals surface area contributed by atoms with Crippen LogP contribution < -0.4 is 10.6 Å². The maximum absolute atomic E-state index is 13.2. The summed E-state index contributed by atoms with van der Waals surface area (Å²) in [6, 6.07) is 0. The summed E-state index contributed by atoms with van der Waals surface area (Å²) in [5, 5.41) is 31.3. The van der Waals surface area contributed by atoms with Crippen LogP contribution in [0.2, 0.25) is 0 Å². The number of nitrogens with zero attached hydrogens (tertiary/aromatic N) is 2. The Kier molecular flexibility index (Phi) is 6.77. The van der Waals surface area contributed by atoms with Crippen LogP contribution in [0.25, 0.3) is 0 Å². The van der Waals surface area contributed by atoms with Crippen LogP contribution in [-0.4, -0.2) is 49.1 Å². The number of H-pyrrole nitrogens is 1. The van der Waals surface area contributed by atoms with Gasteiger partial charge in [0.1, 0.15) is 0 Å². The highest BCUT2D eigenvalue weighted by molar-refractivity contribution is 5.97. The van der Waals surface area contributed by atoms with Gasteiger partial charge in [-0.15, -0.1) is 18.3 Å². The molecular weight excluding hydrogens is 490 g/mol. The number of aliphatic carboxylic acids is 2. The Hall–Kier alpha value is -4.02. The Labute approximate surface area is 219 Å². The van der Waals surface area contributed by atoms with Crippen LogP contribution in [0.3, 0.4) is 0 Å². The quantitative estimate of drug-likeness (QED) is 0.276. The highest BCUT2D eigenvalue weighted by Gasteiger charge is 2.55. The molecule has 1 heterocycles. The molecule has 11 nitrogen and oxygen atoms in total. The minimum Gasteiger partial charge on any atom is -0.481 e. The molecule has 4 bridgehead atoms. The Bertz CT molecular complexity index is 1260. The number of hydrogen-bond donors (Lipinski definition) is 5. The van der Waals surface area contributed by atoms with Crippen molar-refractivity contribution in [2.45, 2.75) is 32.1 Å². The molecule has 11 heteroatoms. The van der Waals surface area contributed by atoms with Crippen LogP contribution in [0.5, 0.6) is 0 Å². The molecule has 1 aromatic heterocycles. The summed E-state index contributed by atoms with van der Waals surface area (Å²) in [7, 11) is 0. The van der Waals surface area contributed by atoms with E-state index in [0.717, 1.165) is 24.0 Å². The van der Waals surface area contributed by atoms with Crippen LogP contribution in [0, 0.1) is 47.3 Å². The van der Waals surface area contributed by atoms with Gasteiger partial charge in [0.05, 0.1) is 23.7 Å². The fourth-order valence-corrected chi connectivity index (χ4v) is 7.17. The SMILES string of the molecule is C=CCCC1=CC2CC1C(C(=O)Nc1n[nH]c(NC(=O)C3C4CC(C=C4CC=C)C3C(=O)O)n1)C2C(=O)O. The third-order valence-corrected chi connectivity index (χ3v) is 8.58. The van der Waals surface area contributed by atoms with E-state index in [4.69, 9.17) is 0 Å². The van der Waals surface area contributed by atoms with Gasteiger partial charge in [0.15, 0.2) is 0 Å². The molecule has 200 valence electrons. The van der Waals surface area contributed by atoms with Crippen LogP contribution >= 0.6 is 0 Å². The number of carboxylic acid groups (broad SMARTS) is 2. The third-order valence-electron chi connectivity index (χ3n) is 8.58.